The molecular formula is C13H22N6. The molecule has 2 aliphatic heterocycles. The monoisotopic (exact) mass is 262 g/mol. The van der Waals surface area contributed by atoms with Gasteiger partial charge in [-0.3, -0.25) is 0 Å². The highest BCUT2D eigenvalue weighted by molar-refractivity contribution is 5.47. The molecule has 6 heteroatoms. The Hall–Kier alpha value is -1.40. The van der Waals surface area contributed by atoms with E-state index in [1.807, 2.05) is 6.07 Å². The Balaban J connectivity index is 1.56. The van der Waals surface area contributed by atoms with Gasteiger partial charge >= 0.3 is 0 Å². The second-order valence-electron chi connectivity index (χ2n) is 5.51. The first-order valence-corrected chi connectivity index (χ1v) is 7.04. The van der Waals surface area contributed by atoms with Crippen LogP contribution in [0.3, 0.4) is 0 Å². The Labute approximate surface area is 114 Å². The molecule has 0 bridgehead atoms. The van der Waals surface area contributed by atoms with Crippen LogP contribution in [0.1, 0.15) is 12.8 Å². The zero-order valence-electron chi connectivity index (χ0n) is 11.4. The summed E-state index contributed by atoms with van der Waals surface area (Å²) in [6.07, 6.45) is 3.98. The number of aromatic nitrogens is 2. The van der Waals surface area contributed by atoms with Gasteiger partial charge in [0.1, 0.15) is 18.0 Å². The van der Waals surface area contributed by atoms with Crippen LogP contribution in [0.2, 0.25) is 0 Å². The Bertz CT molecular complexity index is 411. The summed E-state index contributed by atoms with van der Waals surface area (Å²) in [5.41, 5.74) is 0. The molecule has 6 nitrogen and oxygen atoms in total. The van der Waals surface area contributed by atoms with Crippen molar-refractivity contribution in [2.45, 2.75) is 24.9 Å². The summed E-state index contributed by atoms with van der Waals surface area (Å²) >= 11 is 0. The van der Waals surface area contributed by atoms with Gasteiger partial charge in [0.25, 0.3) is 0 Å². The first-order chi connectivity index (χ1) is 9.29. The predicted octanol–water partition coefficient (Wildman–Crippen LogP) is 0.366. The highest BCUT2D eigenvalue weighted by Crippen LogP contribution is 2.16. The molecule has 2 aliphatic rings. The van der Waals surface area contributed by atoms with Crippen LogP contribution in [-0.2, 0) is 0 Å². The topological polar surface area (TPSA) is 65.1 Å². The van der Waals surface area contributed by atoms with Crippen LogP contribution in [0.4, 0.5) is 11.6 Å². The summed E-state index contributed by atoms with van der Waals surface area (Å²) in [5, 5.41) is 10.2. The normalized spacial score (nSPS) is 21.9. The lowest BCUT2D eigenvalue weighted by Crippen LogP contribution is -2.51. The maximum Gasteiger partial charge on any atom is 0.131 e. The summed E-state index contributed by atoms with van der Waals surface area (Å²) in [5.74, 6) is 1.84. The fourth-order valence-corrected chi connectivity index (χ4v) is 2.48. The molecule has 3 heterocycles. The summed E-state index contributed by atoms with van der Waals surface area (Å²) in [6, 6.07) is 3.05. The number of hydrogen-bond acceptors (Lipinski definition) is 6. The number of anilines is 2. The van der Waals surface area contributed by atoms with Crippen molar-refractivity contribution in [1.82, 2.24) is 20.2 Å². The third-order valence-corrected chi connectivity index (χ3v) is 3.87. The lowest BCUT2D eigenvalue weighted by molar-refractivity contribution is 0.263. The minimum Gasteiger partial charge on any atom is -0.367 e. The number of nitrogens with zero attached hydrogens (tertiary/aromatic N) is 3. The van der Waals surface area contributed by atoms with Gasteiger partial charge < -0.3 is 20.9 Å². The van der Waals surface area contributed by atoms with Crippen LogP contribution in [0.5, 0.6) is 0 Å². The Kier molecular flexibility index (Phi) is 3.79. The van der Waals surface area contributed by atoms with Crippen molar-refractivity contribution in [2.24, 2.45) is 0 Å². The predicted molar refractivity (Wildman–Crippen MR) is 76.5 cm³/mol. The minimum atomic E-state index is 0.506. The maximum atomic E-state index is 4.31. The molecule has 0 radical (unpaired) electrons. The molecule has 0 spiro atoms. The van der Waals surface area contributed by atoms with E-state index >= 15 is 0 Å². The van der Waals surface area contributed by atoms with Crippen LogP contribution in [0.15, 0.2) is 12.4 Å². The smallest absolute Gasteiger partial charge is 0.131 e. The van der Waals surface area contributed by atoms with Gasteiger partial charge in [0.15, 0.2) is 0 Å². The third-order valence-electron chi connectivity index (χ3n) is 3.87. The second kappa shape index (κ2) is 5.71. The molecule has 0 unspecified atom stereocenters. The molecule has 19 heavy (non-hydrogen) atoms. The Morgan fingerprint density at radius 1 is 1.11 bits per heavy atom. The molecule has 0 aromatic carbocycles. The molecule has 2 saturated heterocycles. The highest BCUT2D eigenvalue weighted by Gasteiger charge is 2.18. The Morgan fingerprint density at radius 2 is 1.74 bits per heavy atom. The van der Waals surface area contributed by atoms with Crippen molar-refractivity contribution in [3.63, 3.8) is 0 Å². The third kappa shape index (κ3) is 3.33. The van der Waals surface area contributed by atoms with E-state index in [4.69, 9.17) is 0 Å². The van der Waals surface area contributed by atoms with Crippen molar-refractivity contribution in [2.75, 3.05) is 43.9 Å². The number of nitrogens with one attached hydrogen (secondary N) is 3. The summed E-state index contributed by atoms with van der Waals surface area (Å²) < 4.78 is 0. The number of rotatable bonds is 4. The molecule has 104 valence electrons. The van der Waals surface area contributed by atoms with Gasteiger partial charge in [-0.15, -0.1) is 0 Å². The molecule has 1 aromatic rings. The minimum absolute atomic E-state index is 0.506. The van der Waals surface area contributed by atoms with E-state index in [-0.39, 0.29) is 0 Å². The zero-order valence-corrected chi connectivity index (χ0v) is 11.4. The first-order valence-electron chi connectivity index (χ1n) is 7.04. The standard InChI is InChI=1S/C13H22N6/c1-19-4-2-10(3-5-19)17-12-6-13(16-9-15-12)18-11-7-14-8-11/h6,9-11,14H,2-5,7-8H2,1H3,(H2,15,16,17,18). The van der Waals surface area contributed by atoms with Crippen molar-refractivity contribution >= 4 is 11.6 Å². The van der Waals surface area contributed by atoms with E-state index < -0.39 is 0 Å². The van der Waals surface area contributed by atoms with Crippen molar-refractivity contribution in [3.8, 4) is 0 Å². The number of hydrogen-bond donors (Lipinski definition) is 3. The van der Waals surface area contributed by atoms with Gasteiger partial charge in [-0.25, -0.2) is 9.97 Å². The molecule has 3 rings (SSSR count). The molecule has 3 N–H and O–H groups in total. The molecule has 0 amide bonds. The van der Waals surface area contributed by atoms with Crippen molar-refractivity contribution in [3.05, 3.63) is 12.4 Å². The van der Waals surface area contributed by atoms with Crippen LogP contribution in [0.25, 0.3) is 0 Å². The van der Waals surface area contributed by atoms with Crippen molar-refractivity contribution in [1.29, 1.82) is 0 Å². The van der Waals surface area contributed by atoms with Gasteiger partial charge in [-0.2, -0.15) is 0 Å². The molecule has 2 fully saturated rings. The molecule has 0 atom stereocenters. The fourth-order valence-electron chi connectivity index (χ4n) is 2.48. The summed E-state index contributed by atoms with van der Waals surface area (Å²) in [6.45, 7) is 4.34. The van der Waals surface area contributed by atoms with E-state index in [1.54, 1.807) is 6.33 Å². The maximum absolute atomic E-state index is 4.31. The van der Waals surface area contributed by atoms with E-state index in [1.165, 1.54) is 12.8 Å². The quantitative estimate of drug-likeness (QED) is 0.728. The van der Waals surface area contributed by atoms with Crippen LogP contribution < -0.4 is 16.0 Å². The van der Waals surface area contributed by atoms with E-state index in [9.17, 15) is 0 Å². The zero-order chi connectivity index (χ0) is 13.1. The number of likely N-dealkylation sites (tertiary alicyclic amines) is 1. The lowest BCUT2D eigenvalue weighted by Gasteiger charge is -2.30. The second-order valence-corrected chi connectivity index (χ2v) is 5.51. The van der Waals surface area contributed by atoms with Crippen LogP contribution >= 0.6 is 0 Å². The van der Waals surface area contributed by atoms with Gasteiger partial charge in [0.05, 0.1) is 6.04 Å². The van der Waals surface area contributed by atoms with Crippen LogP contribution in [0, 0.1) is 0 Å². The van der Waals surface area contributed by atoms with Gasteiger partial charge in [-0.1, -0.05) is 0 Å². The van der Waals surface area contributed by atoms with E-state index in [0.29, 0.717) is 12.1 Å². The molecule has 0 saturated carbocycles. The van der Waals surface area contributed by atoms with Gasteiger partial charge in [0.2, 0.25) is 0 Å². The van der Waals surface area contributed by atoms with Crippen molar-refractivity contribution < 1.29 is 0 Å². The van der Waals surface area contributed by atoms with E-state index in [0.717, 1.165) is 37.8 Å². The molecule has 0 aliphatic carbocycles. The average molecular weight is 262 g/mol. The highest BCUT2D eigenvalue weighted by atomic mass is 15.2. The molecular weight excluding hydrogens is 240 g/mol. The number of piperidine rings is 1. The Morgan fingerprint density at radius 3 is 2.32 bits per heavy atom. The SMILES string of the molecule is CN1CCC(Nc2cc(NC3CNC3)ncn2)CC1. The van der Waals surface area contributed by atoms with Gasteiger partial charge in [-0.05, 0) is 33.0 Å². The summed E-state index contributed by atoms with van der Waals surface area (Å²) in [4.78, 5) is 11.0. The molecule has 1 aromatic heterocycles. The van der Waals surface area contributed by atoms with Gasteiger partial charge in [0, 0.05) is 25.2 Å². The lowest BCUT2D eigenvalue weighted by atomic mass is 10.1. The first kappa shape index (κ1) is 12.6. The summed E-state index contributed by atoms with van der Waals surface area (Å²) in [7, 11) is 2.18. The fraction of sp³-hybridized carbons (Fsp3) is 0.692. The van der Waals surface area contributed by atoms with Crippen LogP contribution in [-0.4, -0.2) is 60.2 Å². The largest absolute Gasteiger partial charge is 0.367 e. The average Bonchev–Trinajstić information content (AvgIpc) is 2.37. The van der Waals surface area contributed by atoms with E-state index in [2.05, 4.69) is 37.9 Å².